The lowest BCUT2D eigenvalue weighted by Gasteiger charge is -2.35. The number of aromatic nitrogens is 1. The Labute approximate surface area is 195 Å². The Morgan fingerprint density at radius 1 is 1.03 bits per heavy atom. The average molecular weight is 489 g/mol. The predicted octanol–water partition coefficient (Wildman–Crippen LogP) is 1.25. The van der Waals surface area contributed by atoms with E-state index in [0.29, 0.717) is 15.8 Å². The summed E-state index contributed by atoms with van der Waals surface area (Å²) in [6.07, 6.45) is 0. The quantitative estimate of drug-likeness (QED) is 0.582. The van der Waals surface area contributed by atoms with Crippen LogP contribution in [0, 0.1) is 0 Å². The number of carbonyl (C=O) groups is 2. The zero-order valence-electron chi connectivity index (χ0n) is 18.2. The SMILES string of the molecule is C[C@@H](NC(=O)c1ccccc1)C(=O)N1CCN(S(=O)(=O)c2ccc3c(c2)sc(=O)n3C)CC1. The minimum Gasteiger partial charge on any atom is -0.341 e. The molecule has 0 radical (unpaired) electrons. The van der Waals surface area contributed by atoms with Gasteiger partial charge in [0.1, 0.15) is 6.04 Å². The zero-order valence-corrected chi connectivity index (χ0v) is 19.9. The van der Waals surface area contributed by atoms with Gasteiger partial charge < -0.3 is 14.8 Å². The van der Waals surface area contributed by atoms with Crippen LogP contribution in [0.2, 0.25) is 0 Å². The maximum atomic E-state index is 13.1. The molecule has 174 valence electrons. The number of hydrogen-bond donors (Lipinski definition) is 1. The number of sulfonamides is 1. The van der Waals surface area contributed by atoms with Crippen LogP contribution in [0.15, 0.2) is 58.2 Å². The van der Waals surface area contributed by atoms with Gasteiger partial charge in [0.05, 0.1) is 15.1 Å². The van der Waals surface area contributed by atoms with Crippen molar-refractivity contribution in [1.82, 2.24) is 19.1 Å². The van der Waals surface area contributed by atoms with E-state index in [0.717, 1.165) is 11.3 Å². The molecular weight excluding hydrogens is 464 g/mol. The maximum absolute atomic E-state index is 13.1. The molecular formula is C22H24N4O5S2. The molecule has 1 aliphatic rings. The third-order valence-corrected chi connectivity index (χ3v) is 8.60. The highest BCUT2D eigenvalue weighted by Crippen LogP contribution is 2.24. The van der Waals surface area contributed by atoms with Crippen molar-refractivity contribution in [2.24, 2.45) is 7.05 Å². The highest BCUT2D eigenvalue weighted by atomic mass is 32.2. The van der Waals surface area contributed by atoms with Gasteiger partial charge in [0.25, 0.3) is 5.91 Å². The van der Waals surface area contributed by atoms with Crippen LogP contribution in [-0.4, -0.2) is 66.2 Å². The number of nitrogens with one attached hydrogen (secondary N) is 1. The second-order valence-electron chi connectivity index (χ2n) is 7.85. The summed E-state index contributed by atoms with van der Waals surface area (Å²) in [5, 5.41) is 2.70. The van der Waals surface area contributed by atoms with E-state index in [-0.39, 0.29) is 47.8 Å². The molecule has 2 aromatic carbocycles. The highest BCUT2D eigenvalue weighted by molar-refractivity contribution is 7.89. The summed E-state index contributed by atoms with van der Waals surface area (Å²) in [6.45, 7) is 2.37. The molecule has 33 heavy (non-hydrogen) atoms. The van der Waals surface area contributed by atoms with Crippen LogP contribution < -0.4 is 10.2 Å². The normalized spacial score (nSPS) is 16.0. The predicted molar refractivity (Wildman–Crippen MR) is 126 cm³/mol. The Kier molecular flexibility index (Phi) is 6.37. The average Bonchev–Trinajstić information content (AvgIpc) is 3.11. The van der Waals surface area contributed by atoms with Crippen LogP contribution in [0.25, 0.3) is 10.2 Å². The fraction of sp³-hybridized carbons (Fsp3) is 0.318. The molecule has 9 nitrogen and oxygen atoms in total. The first-order valence-electron chi connectivity index (χ1n) is 10.4. The molecule has 1 fully saturated rings. The van der Waals surface area contributed by atoms with E-state index < -0.39 is 16.1 Å². The second kappa shape index (κ2) is 9.08. The molecule has 0 bridgehead atoms. The van der Waals surface area contributed by atoms with Gasteiger partial charge in [-0.2, -0.15) is 4.31 Å². The minimum atomic E-state index is -3.76. The first-order valence-corrected chi connectivity index (χ1v) is 12.7. The van der Waals surface area contributed by atoms with Crippen LogP contribution in [0.4, 0.5) is 0 Å². The molecule has 1 N–H and O–H groups in total. The Balaban J connectivity index is 1.40. The number of hydrogen-bond acceptors (Lipinski definition) is 6. The van der Waals surface area contributed by atoms with Crippen LogP contribution >= 0.6 is 11.3 Å². The fourth-order valence-electron chi connectivity index (χ4n) is 3.78. The van der Waals surface area contributed by atoms with E-state index in [1.165, 1.54) is 21.0 Å². The number of amides is 2. The number of nitrogens with zero attached hydrogens (tertiary/aromatic N) is 3. The van der Waals surface area contributed by atoms with E-state index in [4.69, 9.17) is 0 Å². The van der Waals surface area contributed by atoms with Crippen molar-refractivity contribution in [3.63, 3.8) is 0 Å². The van der Waals surface area contributed by atoms with Crippen LogP contribution in [0.1, 0.15) is 17.3 Å². The molecule has 0 aliphatic carbocycles. The Bertz CT molecular complexity index is 1360. The monoisotopic (exact) mass is 488 g/mol. The molecule has 1 saturated heterocycles. The van der Waals surface area contributed by atoms with E-state index >= 15 is 0 Å². The Morgan fingerprint density at radius 3 is 2.36 bits per heavy atom. The van der Waals surface area contributed by atoms with Crippen molar-refractivity contribution in [2.75, 3.05) is 26.2 Å². The van der Waals surface area contributed by atoms with Gasteiger partial charge in [-0.3, -0.25) is 14.4 Å². The van der Waals surface area contributed by atoms with E-state index in [1.54, 1.807) is 55.3 Å². The first-order chi connectivity index (χ1) is 15.7. The van der Waals surface area contributed by atoms with E-state index in [1.807, 2.05) is 0 Å². The van der Waals surface area contributed by atoms with Gasteiger partial charge >= 0.3 is 4.87 Å². The molecule has 0 spiro atoms. The third-order valence-electron chi connectivity index (χ3n) is 5.71. The number of aryl methyl sites for hydroxylation is 1. The second-order valence-corrected chi connectivity index (χ2v) is 10.8. The van der Waals surface area contributed by atoms with Gasteiger partial charge in [-0.05, 0) is 37.3 Å². The molecule has 2 amide bonds. The Hall–Kier alpha value is -3.02. The zero-order chi connectivity index (χ0) is 23.8. The lowest BCUT2D eigenvalue weighted by molar-refractivity contribution is -0.134. The van der Waals surface area contributed by atoms with Crippen LogP contribution in [0.5, 0.6) is 0 Å². The van der Waals surface area contributed by atoms with Crippen molar-refractivity contribution < 1.29 is 18.0 Å². The summed E-state index contributed by atoms with van der Waals surface area (Å²) in [5.74, 6) is -0.594. The molecule has 4 rings (SSSR count). The summed E-state index contributed by atoms with van der Waals surface area (Å²) < 4.78 is 29.7. The summed E-state index contributed by atoms with van der Waals surface area (Å²) in [4.78, 5) is 38.5. The molecule has 1 atom stereocenters. The van der Waals surface area contributed by atoms with Gasteiger partial charge in [0, 0.05) is 38.8 Å². The summed E-state index contributed by atoms with van der Waals surface area (Å²) in [7, 11) is -2.11. The number of rotatable bonds is 5. The summed E-state index contributed by atoms with van der Waals surface area (Å²) in [6, 6.07) is 12.6. The van der Waals surface area contributed by atoms with Crippen molar-refractivity contribution in [3.8, 4) is 0 Å². The number of piperazine rings is 1. The number of benzene rings is 2. The summed E-state index contributed by atoms with van der Waals surface area (Å²) in [5.41, 5.74) is 1.15. The lowest BCUT2D eigenvalue weighted by atomic mass is 10.2. The Morgan fingerprint density at radius 2 is 1.70 bits per heavy atom. The molecule has 11 heteroatoms. The molecule has 3 aromatic rings. The smallest absolute Gasteiger partial charge is 0.307 e. The standard InChI is InChI=1S/C22H24N4O5S2/c1-15(23-20(27)16-6-4-3-5-7-16)21(28)25-10-12-26(13-11-25)33(30,31)17-8-9-18-19(14-17)32-22(29)24(18)2/h3-9,14-15H,10-13H2,1-2H3,(H,23,27)/t15-/m1/s1. The number of thiazole rings is 1. The van der Waals surface area contributed by atoms with Gasteiger partial charge in [0.2, 0.25) is 15.9 Å². The fourth-order valence-corrected chi connectivity index (χ4v) is 6.22. The third kappa shape index (κ3) is 4.56. The van der Waals surface area contributed by atoms with E-state index in [9.17, 15) is 22.8 Å². The van der Waals surface area contributed by atoms with Gasteiger partial charge in [-0.15, -0.1) is 0 Å². The molecule has 1 aromatic heterocycles. The van der Waals surface area contributed by atoms with Crippen LogP contribution in [-0.2, 0) is 21.9 Å². The van der Waals surface area contributed by atoms with Gasteiger partial charge in [-0.1, -0.05) is 29.5 Å². The van der Waals surface area contributed by atoms with Gasteiger partial charge in [0.15, 0.2) is 0 Å². The minimum absolute atomic E-state index is 0.125. The highest BCUT2D eigenvalue weighted by Gasteiger charge is 2.32. The molecule has 2 heterocycles. The van der Waals surface area contributed by atoms with Crippen molar-refractivity contribution in [3.05, 3.63) is 63.8 Å². The van der Waals surface area contributed by atoms with E-state index in [2.05, 4.69) is 5.32 Å². The molecule has 0 saturated carbocycles. The van der Waals surface area contributed by atoms with Gasteiger partial charge in [-0.25, -0.2) is 8.42 Å². The molecule has 0 unspecified atom stereocenters. The number of fused-ring (bicyclic) bond motifs is 1. The summed E-state index contributed by atoms with van der Waals surface area (Å²) >= 11 is 1.00. The van der Waals surface area contributed by atoms with Crippen molar-refractivity contribution >= 4 is 43.4 Å². The van der Waals surface area contributed by atoms with Crippen molar-refractivity contribution in [2.45, 2.75) is 17.9 Å². The van der Waals surface area contributed by atoms with Crippen LogP contribution in [0.3, 0.4) is 0 Å². The number of carbonyl (C=O) groups excluding carboxylic acids is 2. The first kappa shape index (κ1) is 23.1. The topological polar surface area (TPSA) is 109 Å². The largest absolute Gasteiger partial charge is 0.341 e. The van der Waals surface area contributed by atoms with Crippen molar-refractivity contribution in [1.29, 1.82) is 0 Å². The lowest BCUT2D eigenvalue weighted by Crippen LogP contribution is -2.55. The maximum Gasteiger partial charge on any atom is 0.307 e. The molecule has 1 aliphatic heterocycles.